The number of pyridine rings is 1. The van der Waals surface area contributed by atoms with Gasteiger partial charge in [0.05, 0.1) is 34.0 Å². The number of halogens is 1. The second-order valence-corrected chi connectivity index (χ2v) is 9.69. The predicted octanol–water partition coefficient (Wildman–Crippen LogP) is 3.23. The average molecular weight is 559 g/mol. The van der Waals surface area contributed by atoms with Gasteiger partial charge in [-0.05, 0) is 37.7 Å². The number of nitrogens with two attached hydrogens (primary N) is 1. The molecule has 12 heteroatoms. The van der Waals surface area contributed by atoms with Gasteiger partial charge in [0.2, 0.25) is 5.43 Å². The van der Waals surface area contributed by atoms with Crippen molar-refractivity contribution in [3.8, 4) is 34.1 Å². The third-order valence-corrected chi connectivity index (χ3v) is 7.14. The fourth-order valence-corrected chi connectivity index (χ4v) is 4.97. The van der Waals surface area contributed by atoms with Gasteiger partial charge in [0, 0.05) is 31.4 Å². The fraction of sp³-hybridized carbons (Fsp3) is 0.296. The molecule has 0 radical (unpaired) electrons. The van der Waals surface area contributed by atoms with Gasteiger partial charge in [-0.2, -0.15) is 0 Å². The number of nitrogens with zero attached hydrogens (tertiary/aromatic N) is 1. The van der Waals surface area contributed by atoms with Crippen LogP contribution >= 0.6 is 12.4 Å². The molecule has 39 heavy (non-hydrogen) atoms. The minimum absolute atomic E-state index is 0. The Bertz CT molecular complexity index is 1720. The van der Waals surface area contributed by atoms with Gasteiger partial charge in [-0.3, -0.25) is 9.59 Å². The lowest BCUT2D eigenvalue weighted by atomic mass is 9.87. The zero-order valence-electron chi connectivity index (χ0n) is 20.8. The van der Waals surface area contributed by atoms with Crippen LogP contribution in [0.25, 0.3) is 33.0 Å². The van der Waals surface area contributed by atoms with Crippen LogP contribution in [0.4, 0.5) is 0 Å². The van der Waals surface area contributed by atoms with Gasteiger partial charge in [0.1, 0.15) is 17.4 Å². The summed E-state index contributed by atoms with van der Waals surface area (Å²) in [7, 11) is 1.58. The number of phenols is 4. The lowest BCUT2D eigenvalue weighted by Crippen LogP contribution is -2.28. The molecule has 0 spiro atoms. The highest BCUT2D eigenvalue weighted by Gasteiger charge is 2.28. The number of carbonyl (C=O) groups is 1. The Morgan fingerprint density at radius 1 is 1.00 bits per heavy atom. The number of hydrogen-bond acceptors (Lipinski definition) is 10. The number of ether oxygens (including phenoxy) is 1. The Kier molecular flexibility index (Phi) is 7.49. The summed E-state index contributed by atoms with van der Waals surface area (Å²) >= 11 is 0. The smallest absolute Gasteiger partial charge is 0.342 e. The highest BCUT2D eigenvalue weighted by molar-refractivity contribution is 6.07. The highest BCUT2D eigenvalue weighted by Crippen LogP contribution is 2.36. The van der Waals surface area contributed by atoms with Gasteiger partial charge in [-0.1, -0.05) is 0 Å². The van der Waals surface area contributed by atoms with Crippen molar-refractivity contribution in [1.29, 1.82) is 0 Å². The Morgan fingerprint density at radius 3 is 2.36 bits per heavy atom. The molecule has 1 aliphatic carbocycles. The summed E-state index contributed by atoms with van der Waals surface area (Å²) in [6.45, 7) is 0.0503. The first-order chi connectivity index (χ1) is 18.1. The van der Waals surface area contributed by atoms with Gasteiger partial charge in [-0.15, -0.1) is 12.4 Å². The predicted molar refractivity (Wildman–Crippen MR) is 145 cm³/mol. The zero-order chi connectivity index (χ0) is 27.3. The maximum absolute atomic E-state index is 13.7. The molecule has 2 aromatic heterocycles. The molecule has 2 aromatic carbocycles. The van der Waals surface area contributed by atoms with Crippen molar-refractivity contribution < 1.29 is 34.4 Å². The molecular weight excluding hydrogens is 532 g/mol. The fourth-order valence-electron chi connectivity index (χ4n) is 4.97. The van der Waals surface area contributed by atoms with Crippen LogP contribution in [-0.2, 0) is 11.8 Å². The van der Waals surface area contributed by atoms with E-state index in [0.29, 0.717) is 5.52 Å². The Balaban J connectivity index is 0.00000353. The number of aromatic hydroxyl groups is 4. The molecule has 2 heterocycles. The molecule has 0 bridgehead atoms. The molecule has 11 nitrogen and oxygen atoms in total. The molecule has 0 amide bonds. The molecule has 0 saturated heterocycles. The van der Waals surface area contributed by atoms with Crippen LogP contribution in [0.2, 0.25) is 0 Å². The molecule has 5 rings (SSSR count). The van der Waals surface area contributed by atoms with Gasteiger partial charge >= 0.3 is 5.97 Å². The Hall–Kier alpha value is -4.22. The maximum atomic E-state index is 13.7. The second kappa shape index (κ2) is 10.5. The van der Waals surface area contributed by atoms with Crippen LogP contribution in [-0.4, -0.2) is 43.6 Å². The summed E-state index contributed by atoms with van der Waals surface area (Å²) in [5.74, 6) is -3.39. The van der Waals surface area contributed by atoms with Crippen molar-refractivity contribution in [1.82, 2.24) is 4.57 Å². The molecule has 0 unspecified atom stereocenters. The van der Waals surface area contributed by atoms with Crippen molar-refractivity contribution in [3.63, 3.8) is 0 Å². The molecule has 0 aliphatic heterocycles. The van der Waals surface area contributed by atoms with Gasteiger partial charge in [0.25, 0.3) is 0 Å². The van der Waals surface area contributed by atoms with E-state index in [4.69, 9.17) is 14.9 Å². The minimum atomic E-state index is -1.02. The third-order valence-electron chi connectivity index (χ3n) is 7.14. The van der Waals surface area contributed by atoms with Crippen LogP contribution < -0.4 is 16.6 Å². The van der Waals surface area contributed by atoms with E-state index >= 15 is 0 Å². The van der Waals surface area contributed by atoms with E-state index < -0.39 is 45.4 Å². The van der Waals surface area contributed by atoms with Gasteiger partial charge in [0.15, 0.2) is 28.4 Å². The average Bonchev–Trinajstić information content (AvgIpc) is 2.88. The topological polar surface area (TPSA) is 185 Å². The number of benzene rings is 2. The van der Waals surface area contributed by atoms with E-state index in [1.165, 1.54) is 16.8 Å². The zero-order valence-corrected chi connectivity index (χ0v) is 21.7. The summed E-state index contributed by atoms with van der Waals surface area (Å²) < 4.78 is 12.4. The standard InChI is InChI=1S/C27H26N2O9.ClH/c1-29-9-15(24(33)14-6-18(30)19(31)7-17(14)29)16-11-37-21-8-20(32)26(35)23(22(21)25(16)34)27(36)38-10-12-2-4-13(28)5-3-12;/h6-9,11-13,30-32,35H,2-5,10,28H2,1H3;1H/t12-,13-;. The van der Waals surface area contributed by atoms with Crippen molar-refractivity contribution >= 4 is 40.2 Å². The summed E-state index contributed by atoms with van der Waals surface area (Å²) in [5, 5.41) is 40.2. The van der Waals surface area contributed by atoms with E-state index in [1.807, 2.05) is 0 Å². The van der Waals surface area contributed by atoms with Gasteiger partial charge < -0.3 is 39.9 Å². The number of carbonyl (C=O) groups excluding carboxylic acids is 1. The number of rotatable bonds is 4. The summed E-state index contributed by atoms with van der Waals surface area (Å²) in [4.78, 5) is 40.1. The van der Waals surface area contributed by atoms with E-state index in [0.717, 1.165) is 44.1 Å². The number of aryl methyl sites for hydroxylation is 1. The molecule has 1 aliphatic rings. The lowest BCUT2D eigenvalue weighted by Gasteiger charge is -2.25. The quantitative estimate of drug-likeness (QED) is 0.184. The van der Waals surface area contributed by atoms with Crippen LogP contribution in [0.3, 0.4) is 0 Å². The van der Waals surface area contributed by atoms with Crippen LogP contribution in [0, 0.1) is 5.92 Å². The molecular formula is C27H27ClN2O9. The number of hydrogen-bond donors (Lipinski definition) is 5. The normalized spacial score (nSPS) is 17.2. The molecule has 1 fully saturated rings. The first-order valence-corrected chi connectivity index (χ1v) is 12.1. The van der Waals surface area contributed by atoms with Crippen molar-refractivity contribution in [2.75, 3.05) is 6.61 Å². The third kappa shape index (κ3) is 4.86. The van der Waals surface area contributed by atoms with E-state index in [2.05, 4.69) is 0 Å². The number of fused-ring (bicyclic) bond motifs is 2. The highest BCUT2D eigenvalue weighted by atomic mass is 35.5. The van der Waals surface area contributed by atoms with Gasteiger partial charge in [-0.25, -0.2) is 4.79 Å². The van der Waals surface area contributed by atoms with Crippen molar-refractivity contribution in [2.45, 2.75) is 31.7 Å². The molecule has 6 N–H and O–H groups in total. The molecule has 0 atom stereocenters. The molecule has 4 aromatic rings. The van der Waals surface area contributed by atoms with E-state index in [1.54, 1.807) is 7.05 Å². The Labute approximate surface area is 227 Å². The Morgan fingerprint density at radius 2 is 1.67 bits per heavy atom. The van der Waals surface area contributed by atoms with E-state index in [-0.39, 0.29) is 58.5 Å². The van der Waals surface area contributed by atoms with E-state index in [9.17, 15) is 34.8 Å². The SMILES string of the molecule is Cl.Cn1cc(-c2coc3cc(O)c(O)c(C(=O)OC[C@H]4CC[C@H](N)CC4)c3c2=O)c(=O)c2cc(O)c(O)cc21. The lowest BCUT2D eigenvalue weighted by molar-refractivity contribution is 0.0404. The first kappa shape index (κ1) is 27.8. The number of phenolic OH excluding ortho intramolecular Hbond substituents is 4. The van der Waals surface area contributed by atoms with Crippen molar-refractivity contribution in [3.05, 3.63) is 56.7 Å². The van der Waals surface area contributed by atoms with Crippen LogP contribution in [0.5, 0.6) is 23.0 Å². The maximum Gasteiger partial charge on any atom is 0.342 e. The molecule has 206 valence electrons. The number of esters is 1. The van der Waals surface area contributed by atoms with Crippen molar-refractivity contribution in [2.24, 2.45) is 18.7 Å². The second-order valence-electron chi connectivity index (χ2n) is 9.69. The monoisotopic (exact) mass is 558 g/mol. The summed E-state index contributed by atoms with van der Waals surface area (Å²) in [5.41, 5.74) is 3.70. The van der Waals surface area contributed by atoms with Crippen LogP contribution in [0.1, 0.15) is 36.0 Å². The molecule has 1 saturated carbocycles. The first-order valence-electron chi connectivity index (χ1n) is 12.1. The summed E-state index contributed by atoms with van der Waals surface area (Å²) in [6, 6.07) is 3.41. The largest absolute Gasteiger partial charge is 0.504 e. The minimum Gasteiger partial charge on any atom is -0.504 e. The van der Waals surface area contributed by atoms with Crippen LogP contribution in [0.15, 0.2) is 44.7 Å². The number of aromatic nitrogens is 1. The summed E-state index contributed by atoms with van der Waals surface area (Å²) in [6.07, 6.45) is 5.51.